The van der Waals surface area contributed by atoms with Gasteiger partial charge in [0, 0.05) is 25.2 Å². The number of likely N-dealkylation sites (tertiary alicyclic amines) is 1. The van der Waals surface area contributed by atoms with E-state index in [1.165, 1.54) is 38.9 Å². The highest BCUT2D eigenvalue weighted by Crippen LogP contribution is 2.16. The maximum absolute atomic E-state index is 3.48. The van der Waals surface area contributed by atoms with Crippen molar-refractivity contribution in [3.8, 4) is 0 Å². The fourth-order valence-electron chi connectivity index (χ4n) is 2.80. The molecule has 0 spiro atoms. The zero-order valence-corrected chi connectivity index (χ0v) is 12.4. The summed E-state index contributed by atoms with van der Waals surface area (Å²) in [6.45, 7) is 8.30. The molecule has 3 heteroatoms. The molecule has 3 nitrogen and oxygen atoms in total. The lowest BCUT2D eigenvalue weighted by atomic mass is 9.97. The Morgan fingerprint density at radius 2 is 2.18 bits per heavy atom. The van der Waals surface area contributed by atoms with Crippen molar-refractivity contribution in [3.63, 3.8) is 0 Å². The highest BCUT2D eigenvalue weighted by Gasteiger charge is 2.24. The molecule has 1 aliphatic heterocycles. The third kappa shape index (κ3) is 4.57. The first kappa shape index (κ1) is 14.9. The minimum absolute atomic E-state index is 0.622. The summed E-state index contributed by atoms with van der Waals surface area (Å²) < 4.78 is 0. The molecule has 0 aliphatic carbocycles. The van der Waals surface area contributed by atoms with Gasteiger partial charge in [0.15, 0.2) is 0 Å². The van der Waals surface area contributed by atoms with Crippen molar-refractivity contribution in [2.24, 2.45) is 5.92 Å². The van der Waals surface area contributed by atoms with Gasteiger partial charge in [0.05, 0.1) is 0 Å². The third-order valence-electron chi connectivity index (χ3n) is 4.41. The molecule has 1 rings (SSSR count). The smallest absolute Gasteiger partial charge is 0.0221 e. The van der Waals surface area contributed by atoms with Gasteiger partial charge in [0.25, 0.3) is 0 Å². The van der Waals surface area contributed by atoms with Crippen molar-refractivity contribution in [2.75, 3.05) is 40.8 Å². The van der Waals surface area contributed by atoms with Gasteiger partial charge in [-0.3, -0.25) is 0 Å². The summed E-state index contributed by atoms with van der Waals surface area (Å²) in [6.07, 6.45) is 3.96. The van der Waals surface area contributed by atoms with Crippen LogP contribution in [0.15, 0.2) is 0 Å². The van der Waals surface area contributed by atoms with Crippen LogP contribution >= 0.6 is 0 Å². The van der Waals surface area contributed by atoms with E-state index in [0.717, 1.165) is 12.0 Å². The second-order valence-electron chi connectivity index (χ2n) is 5.78. The van der Waals surface area contributed by atoms with E-state index in [1.807, 2.05) is 0 Å². The number of nitrogens with one attached hydrogen (secondary N) is 1. The summed E-state index contributed by atoms with van der Waals surface area (Å²) in [7, 11) is 6.62. The molecule has 1 saturated heterocycles. The summed E-state index contributed by atoms with van der Waals surface area (Å²) in [5, 5.41) is 3.48. The van der Waals surface area contributed by atoms with E-state index in [9.17, 15) is 0 Å². The Balaban J connectivity index is 2.43. The number of hydrogen-bond acceptors (Lipinski definition) is 3. The van der Waals surface area contributed by atoms with Gasteiger partial charge < -0.3 is 15.1 Å². The van der Waals surface area contributed by atoms with Crippen LogP contribution in [0.3, 0.4) is 0 Å². The lowest BCUT2D eigenvalue weighted by Crippen LogP contribution is -2.50. The normalized spacial score (nSPS) is 26.1. The summed E-state index contributed by atoms with van der Waals surface area (Å²) in [5.41, 5.74) is 0. The lowest BCUT2D eigenvalue weighted by Gasteiger charge is -2.38. The highest BCUT2D eigenvalue weighted by atomic mass is 15.2. The Morgan fingerprint density at radius 3 is 2.71 bits per heavy atom. The summed E-state index contributed by atoms with van der Waals surface area (Å²) >= 11 is 0. The first-order valence-electron chi connectivity index (χ1n) is 7.14. The second-order valence-corrected chi connectivity index (χ2v) is 5.78. The van der Waals surface area contributed by atoms with Crippen molar-refractivity contribution < 1.29 is 0 Å². The second kappa shape index (κ2) is 7.34. The van der Waals surface area contributed by atoms with E-state index in [-0.39, 0.29) is 0 Å². The summed E-state index contributed by atoms with van der Waals surface area (Å²) in [5.74, 6) is 0.753. The fraction of sp³-hybridized carbons (Fsp3) is 1.00. The Kier molecular flexibility index (Phi) is 6.45. The molecule has 0 saturated carbocycles. The molecule has 0 aromatic heterocycles. The van der Waals surface area contributed by atoms with E-state index in [2.05, 4.69) is 50.1 Å². The predicted molar refractivity (Wildman–Crippen MR) is 75.5 cm³/mol. The summed E-state index contributed by atoms with van der Waals surface area (Å²) in [4.78, 5) is 5.02. The Labute approximate surface area is 108 Å². The van der Waals surface area contributed by atoms with Crippen molar-refractivity contribution in [2.45, 2.75) is 45.2 Å². The summed E-state index contributed by atoms with van der Waals surface area (Å²) in [6, 6.07) is 1.37. The number of piperidine rings is 1. The first-order valence-corrected chi connectivity index (χ1v) is 7.14. The predicted octanol–water partition coefficient (Wildman–Crippen LogP) is 1.65. The SMILES string of the molecule is CCC(C)C(CN(C)C1CCCN(C)C1)NC. The van der Waals surface area contributed by atoms with Crippen molar-refractivity contribution in [3.05, 3.63) is 0 Å². The monoisotopic (exact) mass is 241 g/mol. The quantitative estimate of drug-likeness (QED) is 0.763. The van der Waals surface area contributed by atoms with Crippen LogP contribution in [0, 0.1) is 5.92 Å². The molecule has 1 fully saturated rings. The average Bonchev–Trinajstić information content (AvgIpc) is 2.34. The molecule has 0 aromatic carbocycles. The fourth-order valence-corrected chi connectivity index (χ4v) is 2.80. The Bertz CT molecular complexity index is 208. The van der Waals surface area contributed by atoms with E-state index >= 15 is 0 Å². The van der Waals surface area contributed by atoms with Gasteiger partial charge in [-0.15, -0.1) is 0 Å². The van der Waals surface area contributed by atoms with E-state index in [4.69, 9.17) is 0 Å². The molecule has 3 unspecified atom stereocenters. The molecule has 0 bridgehead atoms. The van der Waals surface area contributed by atoms with Crippen LogP contribution in [0.5, 0.6) is 0 Å². The number of likely N-dealkylation sites (N-methyl/N-ethyl adjacent to an activating group) is 3. The first-order chi connectivity index (χ1) is 8.08. The Morgan fingerprint density at radius 1 is 1.47 bits per heavy atom. The van der Waals surface area contributed by atoms with Gasteiger partial charge in [-0.25, -0.2) is 0 Å². The zero-order chi connectivity index (χ0) is 12.8. The number of nitrogens with zero attached hydrogens (tertiary/aromatic N) is 2. The minimum atomic E-state index is 0.622. The van der Waals surface area contributed by atoms with Gasteiger partial charge in [-0.05, 0) is 46.4 Å². The van der Waals surface area contributed by atoms with Crippen LogP contribution < -0.4 is 5.32 Å². The number of rotatable bonds is 6. The van der Waals surface area contributed by atoms with Crippen LogP contribution in [0.25, 0.3) is 0 Å². The van der Waals surface area contributed by atoms with Crippen molar-refractivity contribution in [1.29, 1.82) is 0 Å². The molecule has 0 amide bonds. The molecular weight excluding hydrogens is 210 g/mol. The number of hydrogen-bond donors (Lipinski definition) is 1. The maximum Gasteiger partial charge on any atom is 0.0221 e. The van der Waals surface area contributed by atoms with Crippen LogP contribution in [-0.2, 0) is 0 Å². The van der Waals surface area contributed by atoms with Gasteiger partial charge in [0.2, 0.25) is 0 Å². The Hall–Kier alpha value is -0.120. The van der Waals surface area contributed by atoms with Gasteiger partial charge >= 0.3 is 0 Å². The van der Waals surface area contributed by atoms with E-state index in [1.54, 1.807) is 0 Å². The molecule has 102 valence electrons. The molecule has 1 aliphatic rings. The van der Waals surface area contributed by atoms with Gasteiger partial charge in [-0.2, -0.15) is 0 Å². The largest absolute Gasteiger partial charge is 0.315 e. The van der Waals surface area contributed by atoms with E-state index < -0.39 is 0 Å². The molecule has 0 radical (unpaired) electrons. The maximum atomic E-state index is 3.48. The standard InChI is InChI=1S/C14H31N3/c1-6-12(2)14(15-3)11-17(5)13-8-7-9-16(4)10-13/h12-15H,6-11H2,1-5H3. The third-order valence-corrected chi connectivity index (χ3v) is 4.41. The lowest BCUT2D eigenvalue weighted by molar-refractivity contribution is 0.118. The average molecular weight is 241 g/mol. The van der Waals surface area contributed by atoms with E-state index in [0.29, 0.717) is 6.04 Å². The molecule has 0 aromatic rings. The zero-order valence-electron chi connectivity index (χ0n) is 12.4. The highest BCUT2D eigenvalue weighted by molar-refractivity contribution is 4.82. The van der Waals surface area contributed by atoms with Crippen molar-refractivity contribution >= 4 is 0 Å². The molecular formula is C14H31N3. The van der Waals surface area contributed by atoms with Crippen LogP contribution in [-0.4, -0.2) is 62.7 Å². The topological polar surface area (TPSA) is 18.5 Å². The van der Waals surface area contributed by atoms with Gasteiger partial charge in [0.1, 0.15) is 0 Å². The minimum Gasteiger partial charge on any atom is -0.315 e. The van der Waals surface area contributed by atoms with Crippen LogP contribution in [0.1, 0.15) is 33.1 Å². The van der Waals surface area contributed by atoms with Gasteiger partial charge in [-0.1, -0.05) is 20.3 Å². The molecule has 1 N–H and O–H groups in total. The molecule has 17 heavy (non-hydrogen) atoms. The van der Waals surface area contributed by atoms with Crippen LogP contribution in [0.4, 0.5) is 0 Å². The molecule has 1 heterocycles. The van der Waals surface area contributed by atoms with Crippen LogP contribution in [0.2, 0.25) is 0 Å². The molecule has 3 atom stereocenters. The van der Waals surface area contributed by atoms with Crippen molar-refractivity contribution in [1.82, 2.24) is 15.1 Å².